The summed E-state index contributed by atoms with van der Waals surface area (Å²) in [5.74, 6) is 0. The molecule has 4 nitrogen and oxygen atoms in total. The molecule has 18 heavy (non-hydrogen) atoms. The van der Waals surface area contributed by atoms with Crippen molar-refractivity contribution in [3.8, 4) is 0 Å². The predicted molar refractivity (Wildman–Crippen MR) is 85.2 cm³/mol. The molecule has 0 atom stereocenters. The summed E-state index contributed by atoms with van der Waals surface area (Å²) in [6.45, 7) is 6.60. The third-order valence-corrected chi connectivity index (χ3v) is 6.45. The molecular weight excluding hydrogens is 308 g/mol. The highest BCUT2D eigenvalue weighted by molar-refractivity contribution is 8.89. The van der Waals surface area contributed by atoms with Gasteiger partial charge in [0.15, 0.2) is 0 Å². The Hall–Kier alpha value is 0.400. The average molecular weight is 325 g/mol. The summed E-state index contributed by atoms with van der Waals surface area (Å²) in [7, 11) is 3.16. The Balaban J connectivity index is 1.69. The van der Waals surface area contributed by atoms with Gasteiger partial charge in [-0.2, -0.15) is 0 Å². The second-order valence-electron chi connectivity index (χ2n) is 3.90. The van der Waals surface area contributed by atoms with Crippen molar-refractivity contribution in [2.45, 2.75) is 0 Å². The highest BCUT2D eigenvalue weighted by atomic mass is 33.1. The first kappa shape index (κ1) is 14.8. The highest BCUT2D eigenvalue weighted by Gasteiger charge is 2.18. The molecule has 0 bridgehead atoms. The van der Waals surface area contributed by atoms with Crippen LogP contribution in [0.4, 0.5) is 0 Å². The molecule has 2 aliphatic heterocycles. The standard InChI is InChI=1S/C10H16N2O2S4/c15-9(11-1-5-13-6-2-11)17-18-10(16)12-3-7-14-8-4-12/h1-8H2. The van der Waals surface area contributed by atoms with Crippen LogP contribution >= 0.6 is 46.0 Å². The first-order valence-corrected chi connectivity index (χ1v) is 8.82. The number of morpholine rings is 2. The van der Waals surface area contributed by atoms with Gasteiger partial charge in [-0.15, -0.1) is 0 Å². The number of ether oxygens (including phenoxy) is 2. The van der Waals surface area contributed by atoms with Crippen molar-refractivity contribution >= 4 is 54.7 Å². The van der Waals surface area contributed by atoms with Crippen molar-refractivity contribution in [3.05, 3.63) is 0 Å². The molecule has 0 N–H and O–H groups in total. The fraction of sp³-hybridized carbons (Fsp3) is 0.800. The molecule has 0 amide bonds. The lowest BCUT2D eigenvalue weighted by Gasteiger charge is -2.30. The van der Waals surface area contributed by atoms with Crippen LogP contribution in [0.5, 0.6) is 0 Å². The van der Waals surface area contributed by atoms with Crippen molar-refractivity contribution in [3.63, 3.8) is 0 Å². The summed E-state index contributed by atoms with van der Waals surface area (Å²) in [5, 5.41) is 0. The van der Waals surface area contributed by atoms with Gasteiger partial charge in [0.25, 0.3) is 0 Å². The van der Waals surface area contributed by atoms with Gasteiger partial charge < -0.3 is 19.3 Å². The molecular formula is C10H16N2O2S4. The Labute approximate surface area is 126 Å². The van der Waals surface area contributed by atoms with Gasteiger partial charge in [0, 0.05) is 26.2 Å². The van der Waals surface area contributed by atoms with E-state index >= 15 is 0 Å². The van der Waals surface area contributed by atoms with Gasteiger partial charge in [-0.1, -0.05) is 24.4 Å². The molecule has 102 valence electrons. The van der Waals surface area contributed by atoms with Gasteiger partial charge in [0.2, 0.25) is 0 Å². The zero-order valence-corrected chi connectivity index (χ0v) is 13.3. The van der Waals surface area contributed by atoms with Crippen LogP contribution in [0.25, 0.3) is 0 Å². The highest BCUT2D eigenvalue weighted by Crippen LogP contribution is 2.28. The van der Waals surface area contributed by atoms with Crippen molar-refractivity contribution in [2.75, 3.05) is 52.6 Å². The van der Waals surface area contributed by atoms with Crippen molar-refractivity contribution in [1.29, 1.82) is 0 Å². The number of hydrogen-bond donors (Lipinski definition) is 0. The predicted octanol–water partition coefficient (Wildman–Crippen LogP) is 1.60. The fourth-order valence-corrected chi connectivity index (χ4v) is 4.42. The monoisotopic (exact) mass is 324 g/mol. The van der Waals surface area contributed by atoms with Crippen LogP contribution in [-0.4, -0.2) is 71.0 Å². The van der Waals surface area contributed by atoms with Crippen LogP contribution in [0, 0.1) is 0 Å². The summed E-state index contributed by atoms with van der Waals surface area (Å²) in [4.78, 5) is 4.36. The van der Waals surface area contributed by atoms with E-state index in [0.717, 1.165) is 61.2 Å². The average Bonchev–Trinajstić information content (AvgIpc) is 2.46. The van der Waals surface area contributed by atoms with Crippen molar-refractivity contribution in [1.82, 2.24) is 9.80 Å². The third kappa shape index (κ3) is 4.50. The molecule has 0 radical (unpaired) electrons. The van der Waals surface area contributed by atoms with Gasteiger partial charge in [-0.05, 0) is 21.6 Å². The van der Waals surface area contributed by atoms with Crippen molar-refractivity contribution < 1.29 is 9.47 Å². The maximum atomic E-state index is 5.40. The summed E-state index contributed by atoms with van der Waals surface area (Å²) in [5.41, 5.74) is 0. The minimum atomic E-state index is 0.763. The number of thiocarbonyl (C=S) groups is 2. The molecule has 0 spiro atoms. The first-order valence-electron chi connectivity index (χ1n) is 5.85. The number of rotatable bonds is 0. The Morgan fingerprint density at radius 2 is 1.06 bits per heavy atom. The summed E-state index contributed by atoms with van der Waals surface area (Å²) in [6.07, 6.45) is 0. The molecule has 0 aliphatic carbocycles. The van der Waals surface area contributed by atoms with Gasteiger partial charge >= 0.3 is 0 Å². The van der Waals surface area contributed by atoms with Crippen LogP contribution in [-0.2, 0) is 9.47 Å². The van der Waals surface area contributed by atoms with Crippen LogP contribution in [0.3, 0.4) is 0 Å². The molecule has 0 aromatic rings. The van der Waals surface area contributed by atoms with Crippen LogP contribution in [0.2, 0.25) is 0 Å². The van der Waals surface area contributed by atoms with Crippen LogP contribution in [0.15, 0.2) is 0 Å². The first-order chi connectivity index (χ1) is 8.77. The molecule has 0 aromatic carbocycles. The van der Waals surface area contributed by atoms with E-state index in [2.05, 4.69) is 9.80 Å². The Kier molecular flexibility index (Phi) is 6.46. The zero-order chi connectivity index (χ0) is 12.8. The molecule has 8 heteroatoms. The Morgan fingerprint density at radius 3 is 1.39 bits per heavy atom. The molecule has 0 aromatic heterocycles. The molecule has 2 saturated heterocycles. The second-order valence-corrected chi connectivity index (χ2v) is 7.29. The molecule has 2 aliphatic rings. The molecule has 0 saturated carbocycles. The smallest absolute Gasteiger partial charge is 0.147 e. The SMILES string of the molecule is S=C(SSC(=S)N1CCOCC1)N1CCOCC1. The Bertz CT molecular complexity index is 274. The van der Waals surface area contributed by atoms with E-state index in [9.17, 15) is 0 Å². The summed E-state index contributed by atoms with van der Waals surface area (Å²) < 4.78 is 12.4. The van der Waals surface area contributed by atoms with Crippen LogP contribution < -0.4 is 0 Å². The van der Waals surface area contributed by atoms with E-state index in [1.807, 2.05) is 0 Å². The minimum Gasteiger partial charge on any atom is -0.378 e. The molecule has 2 heterocycles. The lowest BCUT2D eigenvalue weighted by molar-refractivity contribution is 0.0701. The van der Waals surface area contributed by atoms with E-state index in [-0.39, 0.29) is 0 Å². The molecule has 2 fully saturated rings. The molecule has 0 unspecified atom stereocenters. The van der Waals surface area contributed by atoms with Crippen LogP contribution in [0.1, 0.15) is 0 Å². The second kappa shape index (κ2) is 7.86. The lowest BCUT2D eigenvalue weighted by atomic mass is 10.5. The van der Waals surface area contributed by atoms with Gasteiger partial charge in [-0.3, -0.25) is 0 Å². The van der Waals surface area contributed by atoms with E-state index in [1.54, 1.807) is 21.6 Å². The maximum Gasteiger partial charge on any atom is 0.147 e. The molecule has 2 rings (SSSR count). The van der Waals surface area contributed by atoms with Crippen molar-refractivity contribution in [2.24, 2.45) is 0 Å². The summed E-state index contributed by atoms with van der Waals surface area (Å²) >= 11 is 10.8. The largest absolute Gasteiger partial charge is 0.378 e. The van der Waals surface area contributed by atoms with E-state index in [4.69, 9.17) is 33.9 Å². The quantitative estimate of drug-likeness (QED) is 0.489. The van der Waals surface area contributed by atoms with E-state index < -0.39 is 0 Å². The van der Waals surface area contributed by atoms with Gasteiger partial charge in [0.05, 0.1) is 26.4 Å². The fourth-order valence-electron chi connectivity index (χ4n) is 1.67. The lowest BCUT2D eigenvalue weighted by Crippen LogP contribution is -2.39. The summed E-state index contributed by atoms with van der Waals surface area (Å²) in [6, 6.07) is 0. The number of nitrogens with zero attached hydrogens (tertiary/aromatic N) is 2. The normalized spacial score (nSPS) is 20.9. The minimum absolute atomic E-state index is 0.763. The Morgan fingerprint density at radius 1 is 0.722 bits per heavy atom. The number of hydrogen-bond acceptors (Lipinski definition) is 6. The van der Waals surface area contributed by atoms with Gasteiger partial charge in [-0.25, -0.2) is 0 Å². The van der Waals surface area contributed by atoms with Gasteiger partial charge in [0.1, 0.15) is 8.64 Å². The maximum absolute atomic E-state index is 5.40. The van der Waals surface area contributed by atoms with E-state index in [0.29, 0.717) is 0 Å². The third-order valence-electron chi connectivity index (χ3n) is 2.72. The van der Waals surface area contributed by atoms with E-state index in [1.165, 1.54) is 0 Å². The topological polar surface area (TPSA) is 24.9 Å². The zero-order valence-electron chi connectivity index (χ0n) is 10.0.